The smallest absolute Gasteiger partial charge is 0.287 e. The molecular weight excluding hydrogens is 322 g/mol. The summed E-state index contributed by atoms with van der Waals surface area (Å²) in [5, 5.41) is 7.09. The number of carbonyl (C=O) groups is 1. The Hall–Kier alpha value is -1.56. The maximum atomic E-state index is 12.1. The molecule has 0 fully saturated rings. The van der Waals surface area contributed by atoms with Crippen molar-refractivity contribution >= 4 is 21.8 Å². The lowest BCUT2D eigenvalue weighted by molar-refractivity contribution is 0.0880. The summed E-state index contributed by atoms with van der Waals surface area (Å²) >= 11 is 3.34. The maximum absolute atomic E-state index is 12.1. The predicted octanol–water partition coefficient (Wildman–Crippen LogP) is 3.21. The summed E-state index contributed by atoms with van der Waals surface area (Å²) in [6.07, 6.45) is 4.41. The minimum Gasteiger partial charge on any atom is -0.454 e. The van der Waals surface area contributed by atoms with Crippen molar-refractivity contribution in [1.82, 2.24) is 15.1 Å². The summed E-state index contributed by atoms with van der Waals surface area (Å²) in [5.41, 5.74) is -0.239. The average Bonchev–Trinajstić information content (AvgIpc) is 2.99. The Morgan fingerprint density at radius 1 is 1.50 bits per heavy atom. The molecule has 0 atom stereocenters. The summed E-state index contributed by atoms with van der Waals surface area (Å²) in [7, 11) is 0. The molecule has 2 aromatic rings. The van der Waals surface area contributed by atoms with Gasteiger partial charge in [0.05, 0.1) is 17.2 Å². The van der Waals surface area contributed by atoms with Crippen LogP contribution in [0.2, 0.25) is 0 Å². The molecule has 5 nitrogen and oxygen atoms in total. The highest BCUT2D eigenvalue weighted by Gasteiger charge is 2.21. The first-order chi connectivity index (χ1) is 9.39. The quantitative estimate of drug-likeness (QED) is 0.909. The van der Waals surface area contributed by atoms with Crippen molar-refractivity contribution in [3.05, 3.63) is 40.5 Å². The second-order valence-corrected chi connectivity index (χ2v) is 6.23. The van der Waals surface area contributed by atoms with Crippen molar-refractivity contribution in [2.24, 2.45) is 0 Å². The molecule has 0 aromatic carbocycles. The van der Waals surface area contributed by atoms with Crippen LogP contribution >= 0.6 is 15.9 Å². The van der Waals surface area contributed by atoms with E-state index in [9.17, 15) is 4.79 Å². The van der Waals surface area contributed by atoms with Gasteiger partial charge in [0, 0.05) is 11.7 Å². The molecule has 6 heteroatoms. The van der Waals surface area contributed by atoms with Gasteiger partial charge in [-0.2, -0.15) is 5.10 Å². The summed E-state index contributed by atoms with van der Waals surface area (Å²) in [6.45, 7) is 6.49. The largest absolute Gasteiger partial charge is 0.454 e. The third kappa shape index (κ3) is 3.72. The SMILES string of the molecule is CCC(C)(C)NC(=O)c1ccc(Cn2cc(Br)cn2)o1. The number of carbonyl (C=O) groups excluding carboxylic acids is 1. The van der Waals surface area contributed by atoms with Gasteiger partial charge in [-0.3, -0.25) is 9.48 Å². The van der Waals surface area contributed by atoms with Gasteiger partial charge in [-0.05, 0) is 48.3 Å². The summed E-state index contributed by atoms with van der Waals surface area (Å²) in [4.78, 5) is 12.1. The van der Waals surface area contributed by atoms with Crippen molar-refractivity contribution in [2.45, 2.75) is 39.3 Å². The Bertz CT molecular complexity index is 601. The van der Waals surface area contributed by atoms with E-state index in [1.165, 1.54) is 0 Å². The van der Waals surface area contributed by atoms with Crippen LogP contribution in [0.3, 0.4) is 0 Å². The molecule has 1 N–H and O–H groups in total. The highest BCUT2D eigenvalue weighted by atomic mass is 79.9. The van der Waals surface area contributed by atoms with Gasteiger partial charge in [0.1, 0.15) is 5.76 Å². The van der Waals surface area contributed by atoms with Gasteiger partial charge < -0.3 is 9.73 Å². The van der Waals surface area contributed by atoms with Crippen LogP contribution in [0.25, 0.3) is 0 Å². The van der Waals surface area contributed by atoms with E-state index in [0.717, 1.165) is 10.9 Å². The van der Waals surface area contributed by atoms with Crippen molar-refractivity contribution in [1.29, 1.82) is 0 Å². The van der Waals surface area contributed by atoms with Crippen LogP contribution in [0.5, 0.6) is 0 Å². The Kier molecular flexibility index (Phi) is 4.32. The zero-order chi connectivity index (χ0) is 14.8. The van der Waals surface area contributed by atoms with Crippen molar-refractivity contribution in [2.75, 3.05) is 0 Å². The third-order valence-corrected chi connectivity index (χ3v) is 3.55. The molecule has 0 aliphatic carbocycles. The first-order valence-corrected chi connectivity index (χ1v) is 7.28. The van der Waals surface area contributed by atoms with Crippen LogP contribution < -0.4 is 5.32 Å². The van der Waals surface area contributed by atoms with Gasteiger partial charge in [0.2, 0.25) is 0 Å². The molecule has 1 amide bonds. The molecule has 2 aromatic heterocycles. The summed E-state index contributed by atoms with van der Waals surface area (Å²) in [5.74, 6) is 0.831. The number of rotatable bonds is 5. The fourth-order valence-electron chi connectivity index (χ4n) is 1.63. The first-order valence-electron chi connectivity index (χ1n) is 6.49. The van der Waals surface area contributed by atoms with E-state index in [2.05, 4.69) is 26.3 Å². The highest BCUT2D eigenvalue weighted by molar-refractivity contribution is 9.10. The first kappa shape index (κ1) is 14.8. The van der Waals surface area contributed by atoms with E-state index in [0.29, 0.717) is 18.1 Å². The summed E-state index contributed by atoms with van der Waals surface area (Å²) < 4.78 is 8.21. The number of nitrogens with one attached hydrogen (secondary N) is 1. The Labute approximate surface area is 126 Å². The van der Waals surface area contributed by atoms with Crippen LogP contribution in [-0.2, 0) is 6.54 Å². The lowest BCUT2D eigenvalue weighted by Crippen LogP contribution is -2.42. The van der Waals surface area contributed by atoms with Gasteiger partial charge >= 0.3 is 0 Å². The monoisotopic (exact) mass is 339 g/mol. The molecule has 0 spiro atoms. The van der Waals surface area contributed by atoms with E-state index in [1.54, 1.807) is 23.0 Å². The van der Waals surface area contributed by atoms with Crippen LogP contribution in [0.1, 0.15) is 43.5 Å². The molecule has 0 bridgehead atoms. The van der Waals surface area contributed by atoms with E-state index >= 15 is 0 Å². The van der Waals surface area contributed by atoms with Crippen molar-refractivity contribution in [3.63, 3.8) is 0 Å². The number of hydrogen-bond acceptors (Lipinski definition) is 3. The number of hydrogen-bond donors (Lipinski definition) is 1. The van der Waals surface area contributed by atoms with Crippen LogP contribution in [0.4, 0.5) is 0 Å². The minimum atomic E-state index is -0.239. The zero-order valence-corrected chi connectivity index (χ0v) is 13.4. The topological polar surface area (TPSA) is 60.1 Å². The molecule has 0 radical (unpaired) electrons. The number of furan rings is 1. The second-order valence-electron chi connectivity index (χ2n) is 5.31. The lowest BCUT2D eigenvalue weighted by atomic mass is 10.0. The lowest BCUT2D eigenvalue weighted by Gasteiger charge is -2.23. The average molecular weight is 340 g/mol. The van der Waals surface area contributed by atoms with Gasteiger partial charge in [-0.15, -0.1) is 0 Å². The third-order valence-electron chi connectivity index (χ3n) is 3.14. The van der Waals surface area contributed by atoms with Crippen LogP contribution in [0.15, 0.2) is 33.4 Å². The number of halogens is 1. The molecule has 0 aliphatic rings. The van der Waals surface area contributed by atoms with Gasteiger partial charge in [-0.25, -0.2) is 0 Å². The molecule has 2 heterocycles. The minimum absolute atomic E-state index is 0.190. The number of aromatic nitrogens is 2. The van der Waals surface area contributed by atoms with E-state index in [4.69, 9.17) is 4.42 Å². The molecule has 0 saturated carbocycles. The fraction of sp³-hybridized carbons (Fsp3) is 0.429. The summed E-state index contributed by atoms with van der Waals surface area (Å²) in [6, 6.07) is 3.48. The Morgan fingerprint density at radius 3 is 2.85 bits per heavy atom. The zero-order valence-electron chi connectivity index (χ0n) is 11.8. The Balaban J connectivity index is 2.03. The fourth-order valence-corrected chi connectivity index (χ4v) is 1.95. The van der Waals surface area contributed by atoms with E-state index in [1.807, 2.05) is 27.0 Å². The Morgan fingerprint density at radius 2 is 2.25 bits per heavy atom. The van der Waals surface area contributed by atoms with Gasteiger partial charge in [0.15, 0.2) is 5.76 Å². The molecule has 0 aliphatic heterocycles. The van der Waals surface area contributed by atoms with E-state index in [-0.39, 0.29) is 11.4 Å². The van der Waals surface area contributed by atoms with Crippen molar-refractivity contribution in [3.8, 4) is 0 Å². The predicted molar refractivity (Wildman–Crippen MR) is 79.6 cm³/mol. The highest BCUT2D eigenvalue weighted by Crippen LogP contribution is 2.14. The number of amides is 1. The van der Waals surface area contributed by atoms with E-state index < -0.39 is 0 Å². The normalized spacial score (nSPS) is 11.6. The molecule has 20 heavy (non-hydrogen) atoms. The maximum Gasteiger partial charge on any atom is 0.287 e. The number of nitrogens with zero attached hydrogens (tertiary/aromatic N) is 2. The molecule has 108 valence electrons. The molecule has 0 unspecified atom stereocenters. The van der Waals surface area contributed by atoms with Gasteiger partial charge in [0.25, 0.3) is 5.91 Å². The molecule has 2 rings (SSSR count). The molecule has 0 saturated heterocycles. The van der Waals surface area contributed by atoms with Crippen molar-refractivity contribution < 1.29 is 9.21 Å². The standard InChI is InChI=1S/C14H18BrN3O2/c1-4-14(2,3)17-13(19)12-6-5-11(20-12)9-18-8-10(15)7-16-18/h5-8H,4,9H2,1-3H3,(H,17,19). The van der Waals surface area contributed by atoms with Crippen LogP contribution in [-0.4, -0.2) is 21.2 Å². The second kappa shape index (κ2) is 5.83. The molecular formula is C14H18BrN3O2. The van der Waals surface area contributed by atoms with Gasteiger partial charge in [-0.1, -0.05) is 6.92 Å². The van der Waals surface area contributed by atoms with Crippen LogP contribution in [0, 0.1) is 0 Å².